The molecule has 0 radical (unpaired) electrons. The van der Waals surface area contributed by atoms with Gasteiger partial charge in [0.1, 0.15) is 17.2 Å². The first kappa shape index (κ1) is 25.5. The molecule has 8 heteroatoms. The summed E-state index contributed by atoms with van der Waals surface area (Å²) in [6.07, 6.45) is 0. The molecule has 36 heavy (non-hydrogen) atoms. The number of fused-ring (bicyclic) bond motifs is 1. The van der Waals surface area contributed by atoms with Crippen LogP contribution < -0.4 is 4.74 Å². The molecule has 1 N–H and O–H groups in total. The Kier molecular flexibility index (Phi) is 7.76. The molecule has 0 atom stereocenters. The summed E-state index contributed by atoms with van der Waals surface area (Å²) < 4.78 is 13.7. The minimum atomic E-state index is -0.458. The number of nitrogens with zero attached hydrogens (tertiary/aromatic N) is 2. The zero-order valence-electron chi connectivity index (χ0n) is 20.3. The maximum atomic E-state index is 12.6. The van der Waals surface area contributed by atoms with Gasteiger partial charge in [-0.25, -0.2) is 9.86 Å². The summed E-state index contributed by atoms with van der Waals surface area (Å²) >= 11 is 3.61. The molecule has 186 valence electrons. The maximum Gasteiger partial charge on any atom is 0.354 e. The summed E-state index contributed by atoms with van der Waals surface area (Å²) in [7, 11) is 1.35. The van der Waals surface area contributed by atoms with E-state index < -0.39 is 11.9 Å². The van der Waals surface area contributed by atoms with Gasteiger partial charge < -0.3 is 14.0 Å². The summed E-state index contributed by atoms with van der Waals surface area (Å²) in [5.74, 6) is 0.548. The van der Waals surface area contributed by atoms with Crippen molar-refractivity contribution in [1.29, 1.82) is 0 Å². The number of hydrogen-bond acceptors (Lipinski definition) is 5. The minimum absolute atomic E-state index is 0.145. The van der Waals surface area contributed by atoms with Gasteiger partial charge in [-0.3, -0.25) is 10.0 Å². The number of benzene rings is 3. The van der Waals surface area contributed by atoms with Crippen LogP contribution in [0.2, 0.25) is 0 Å². The second-order valence-electron chi connectivity index (χ2n) is 8.84. The smallest absolute Gasteiger partial charge is 0.354 e. The number of methoxy groups -OCH3 is 1. The van der Waals surface area contributed by atoms with Gasteiger partial charge in [-0.15, -0.1) is 0 Å². The molecule has 0 unspecified atom stereocenters. The molecule has 0 spiro atoms. The number of carbonyl (C=O) groups is 2. The molecule has 0 bridgehead atoms. The van der Waals surface area contributed by atoms with E-state index in [0.717, 1.165) is 26.0 Å². The zero-order chi connectivity index (χ0) is 25.8. The fraction of sp³-hybridized carbons (Fsp3) is 0.214. The average molecular weight is 551 g/mol. The Hall–Kier alpha value is -3.62. The Morgan fingerprint density at radius 2 is 1.69 bits per heavy atom. The Labute approximate surface area is 217 Å². The number of rotatable bonds is 8. The van der Waals surface area contributed by atoms with E-state index in [9.17, 15) is 14.8 Å². The second-order valence-corrected chi connectivity index (χ2v) is 9.69. The number of halogens is 1. The van der Waals surface area contributed by atoms with Crippen LogP contribution in [0.15, 0.2) is 77.3 Å². The largest absolute Gasteiger partial charge is 0.464 e. The Bertz CT molecular complexity index is 1380. The van der Waals surface area contributed by atoms with E-state index in [1.165, 1.54) is 7.11 Å². The van der Waals surface area contributed by atoms with Crippen molar-refractivity contribution in [3.63, 3.8) is 0 Å². The summed E-state index contributed by atoms with van der Waals surface area (Å²) in [5.41, 5.74) is 2.43. The van der Waals surface area contributed by atoms with Gasteiger partial charge in [0.25, 0.3) is 5.91 Å². The predicted octanol–water partition coefficient (Wildman–Crippen LogP) is 6.52. The van der Waals surface area contributed by atoms with Gasteiger partial charge in [0, 0.05) is 28.0 Å². The van der Waals surface area contributed by atoms with Gasteiger partial charge in [-0.1, -0.05) is 44.2 Å². The average Bonchev–Trinajstić information content (AvgIpc) is 3.22. The highest BCUT2D eigenvalue weighted by molar-refractivity contribution is 9.10. The van der Waals surface area contributed by atoms with Crippen molar-refractivity contribution < 1.29 is 24.3 Å². The number of ether oxygens (including phenoxy) is 2. The van der Waals surface area contributed by atoms with Gasteiger partial charge in [-0.2, -0.15) is 0 Å². The summed E-state index contributed by atoms with van der Waals surface area (Å²) in [6.45, 7) is 4.46. The van der Waals surface area contributed by atoms with E-state index in [1.54, 1.807) is 18.2 Å². The molecule has 0 saturated carbocycles. The van der Waals surface area contributed by atoms with Crippen molar-refractivity contribution in [1.82, 2.24) is 9.63 Å². The number of para-hydroxylation sites is 1. The molecule has 0 aliphatic carbocycles. The van der Waals surface area contributed by atoms with Crippen molar-refractivity contribution in [2.24, 2.45) is 5.92 Å². The van der Waals surface area contributed by atoms with Crippen LogP contribution in [0.4, 0.5) is 0 Å². The highest BCUT2D eigenvalue weighted by atomic mass is 79.9. The summed E-state index contributed by atoms with van der Waals surface area (Å²) in [5, 5.41) is 11.6. The van der Waals surface area contributed by atoms with E-state index in [2.05, 4.69) is 15.9 Å². The van der Waals surface area contributed by atoms with Gasteiger partial charge in [0.05, 0.1) is 19.2 Å². The lowest BCUT2D eigenvalue weighted by Crippen LogP contribution is -2.30. The number of hydrogen-bond donors (Lipinski definition) is 1. The molecular formula is C28H27BrN2O5. The second kappa shape index (κ2) is 11.0. The third kappa shape index (κ3) is 5.61. The molecular weight excluding hydrogens is 524 g/mol. The number of amides is 1. The molecule has 1 heterocycles. The fourth-order valence-corrected chi connectivity index (χ4v) is 4.47. The molecule has 0 aliphatic rings. The van der Waals surface area contributed by atoms with E-state index in [1.807, 2.05) is 73.0 Å². The number of esters is 1. The molecule has 1 aromatic heterocycles. The first-order chi connectivity index (χ1) is 17.3. The molecule has 4 aromatic rings. The lowest BCUT2D eigenvalue weighted by molar-refractivity contribution is -0.0647. The van der Waals surface area contributed by atoms with Crippen LogP contribution in [0.5, 0.6) is 11.5 Å². The number of hydroxylamine groups is 2. The van der Waals surface area contributed by atoms with Crippen LogP contribution in [-0.2, 0) is 11.3 Å². The molecule has 1 amide bonds. The highest BCUT2D eigenvalue weighted by Crippen LogP contribution is 2.35. The van der Waals surface area contributed by atoms with Gasteiger partial charge in [0.15, 0.2) is 0 Å². The van der Waals surface area contributed by atoms with Crippen LogP contribution in [-0.4, -0.2) is 40.4 Å². The standard InChI is InChI=1S/C28H27BrN2O5/c1-18(2)16-31(34)27(32)20-11-9-19(10-12-20)17-30-25-14-22(36-21-7-5-4-6-8-21)13-24(29)23(25)15-26(30)28(33)35-3/h4-15,18,34H,16-17H2,1-3H3. The quantitative estimate of drug-likeness (QED) is 0.153. The third-order valence-corrected chi connectivity index (χ3v) is 6.29. The monoisotopic (exact) mass is 550 g/mol. The van der Waals surface area contributed by atoms with Gasteiger partial charge in [-0.05, 0) is 63.8 Å². The molecule has 0 aliphatic heterocycles. The molecule has 0 saturated heterocycles. The fourth-order valence-electron chi connectivity index (χ4n) is 3.93. The maximum absolute atomic E-state index is 12.6. The van der Waals surface area contributed by atoms with Crippen molar-refractivity contribution in [3.8, 4) is 11.5 Å². The van der Waals surface area contributed by atoms with Gasteiger partial charge >= 0.3 is 5.97 Å². The third-order valence-electron chi connectivity index (χ3n) is 5.63. The molecule has 3 aromatic carbocycles. The van der Waals surface area contributed by atoms with Crippen LogP contribution >= 0.6 is 15.9 Å². The van der Waals surface area contributed by atoms with Crippen molar-refractivity contribution in [3.05, 3.63) is 94.1 Å². The van der Waals surface area contributed by atoms with E-state index in [0.29, 0.717) is 29.3 Å². The number of carbonyl (C=O) groups excluding carboxylic acids is 2. The van der Waals surface area contributed by atoms with E-state index >= 15 is 0 Å². The lowest BCUT2D eigenvalue weighted by atomic mass is 10.1. The zero-order valence-corrected chi connectivity index (χ0v) is 21.9. The lowest BCUT2D eigenvalue weighted by Gasteiger charge is -2.17. The topological polar surface area (TPSA) is 81.0 Å². The van der Waals surface area contributed by atoms with Crippen LogP contribution in [0, 0.1) is 5.92 Å². The summed E-state index contributed by atoms with van der Waals surface area (Å²) in [4.78, 5) is 25.1. The molecule has 4 rings (SSSR count). The van der Waals surface area contributed by atoms with Crippen LogP contribution in [0.3, 0.4) is 0 Å². The molecule has 0 fully saturated rings. The van der Waals surface area contributed by atoms with Gasteiger partial charge in [0.2, 0.25) is 0 Å². The summed E-state index contributed by atoms with van der Waals surface area (Å²) in [6, 6.07) is 21.9. The molecule has 7 nitrogen and oxygen atoms in total. The Morgan fingerprint density at radius 3 is 2.33 bits per heavy atom. The van der Waals surface area contributed by atoms with E-state index in [4.69, 9.17) is 9.47 Å². The van der Waals surface area contributed by atoms with Crippen molar-refractivity contribution >= 4 is 38.7 Å². The Morgan fingerprint density at radius 1 is 1.00 bits per heavy atom. The number of aromatic nitrogens is 1. The first-order valence-electron chi connectivity index (χ1n) is 11.5. The minimum Gasteiger partial charge on any atom is -0.464 e. The predicted molar refractivity (Wildman–Crippen MR) is 141 cm³/mol. The van der Waals surface area contributed by atoms with Crippen LogP contribution in [0.1, 0.15) is 40.3 Å². The van der Waals surface area contributed by atoms with Crippen molar-refractivity contribution in [2.45, 2.75) is 20.4 Å². The Balaban J connectivity index is 1.68. The SMILES string of the molecule is COC(=O)c1cc2c(Br)cc(Oc3ccccc3)cc2n1Cc1ccc(C(=O)N(O)CC(C)C)cc1. The first-order valence-corrected chi connectivity index (χ1v) is 12.3. The highest BCUT2D eigenvalue weighted by Gasteiger charge is 2.20. The normalized spacial score (nSPS) is 11.1. The van der Waals surface area contributed by atoms with Crippen LogP contribution in [0.25, 0.3) is 10.9 Å². The van der Waals surface area contributed by atoms with E-state index in [-0.39, 0.29) is 12.5 Å². The van der Waals surface area contributed by atoms with Crippen molar-refractivity contribution in [2.75, 3.05) is 13.7 Å².